The lowest BCUT2D eigenvalue weighted by Crippen LogP contribution is -2.00. The zero-order valence-electron chi connectivity index (χ0n) is 12.3. The van der Waals surface area contributed by atoms with Gasteiger partial charge in [-0.25, -0.2) is 4.98 Å². The van der Waals surface area contributed by atoms with E-state index < -0.39 is 5.97 Å². The summed E-state index contributed by atoms with van der Waals surface area (Å²) in [5.41, 5.74) is 3.29. The first kappa shape index (κ1) is 14.1. The number of aromatic nitrogens is 1. The molecule has 2 aromatic carbocycles. The molecule has 1 aromatic heterocycles. The number of phenols is 1. The van der Waals surface area contributed by atoms with Crippen LogP contribution >= 0.6 is 0 Å². The molecule has 112 valence electrons. The second-order valence-electron chi connectivity index (χ2n) is 5.09. The average molecular weight is 297 g/mol. The van der Waals surface area contributed by atoms with Gasteiger partial charge in [0.05, 0.1) is 5.56 Å². The van der Waals surface area contributed by atoms with E-state index in [1.54, 1.807) is 12.1 Å². The van der Waals surface area contributed by atoms with Crippen molar-refractivity contribution >= 4 is 17.1 Å². The van der Waals surface area contributed by atoms with E-state index >= 15 is 0 Å². The Bertz CT molecular complexity index is 818. The van der Waals surface area contributed by atoms with Crippen LogP contribution in [0.25, 0.3) is 22.6 Å². The van der Waals surface area contributed by atoms with Gasteiger partial charge in [0.1, 0.15) is 17.9 Å². The lowest BCUT2D eigenvalue weighted by Gasteiger charge is -2.09. The fraction of sp³-hybridized carbons (Fsp3) is 0.176. The van der Waals surface area contributed by atoms with Crippen molar-refractivity contribution < 1.29 is 19.1 Å². The minimum atomic E-state index is -0.399. The molecule has 0 aliphatic rings. The molecule has 0 aliphatic carbocycles. The number of oxazole rings is 1. The molecule has 0 saturated carbocycles. The molecular weight excluding hydrogens is 282 g/mol. The van der Waals surface area contributed by atoms with Crippen LogP contribution in [0.4, 0.5) is 0 Å². The standard InChI is InChI=1S/C17H15NO4/c1-10-7-12(9-21-11(2)19)16(20)13(8-10)17-18-14-5-3-4-6-15(14)22-17/h3-8,20H,9H2,1-2H3. The van der Waals surface area contributed by atoms with E-state index in [9.17, 15) is 9.90 Å². The van der Waals surface area contributed by atoms with E-state index in [-0.39, 0.29) is 12.4 Å². The number of carbonyl (C=O) groups excluding carboxylic acids is 1. The van der Waals surface area contributed by atoms with Crippen LogP contribution in [-0.2, 0) is 16.1 Å². The largest absolute Gasteiger partial charge is 0.507 e. The Morgan fingerprint density at radius 2 is 2.09 bits per heavy atom. The maximum absolute atomic E-state index is 11.0. The van der Waals surface area contributed by atoms with Gasteiger partial charge in [0.15, 0.2) is 5.58 Å². The van der Waals surface area contributed by atoms with E-state index in [0.717, 1.165) is 11.1 Å². The molecule has 0 aliphatic heterocycles. The molecule has 1 N–H and O–H groups in total. The van der Waals surface area contributed by atoms with Gasteiger partial charge >= 0.3 is 5.97 Å². The number of para-hydroxylation sites is 2. The molecule has 5 nitrogen and oxygen atoms in total. The molecular formula is C17H15NO4. The van der Waals surface area contributed by atoms with Crippen LogP contribution in [0.15, 0.2) is 40.8 Å². The summed E-state index contributed by atoms with van der Waals surface area (Å²) >= 11 is 0. The van der Waals surface area contributed by atoms with Gasteiger partial charge in [-0.1, -0.05) is 12.1 Å². The molecule has 1 heterocycles. The number of esters is 1. The number of hydrogen-bond donors (Lipinski definition) is 1. The molecule has 5 heteroatoms. The molecule has 3 aromatic rings. The van der Waals surface area contributed by atoms with Crippen molar-refractivity contribution in [2.45, 2.75) is 20.5 Å². The summed E-state index contributed by atoms with van der Waals surface area (Å²) in [6.07, 6.45) is 0. The number of ether oxygens (including phenoxy) is 1. The van der Waals surface area contributed by atoms with E-state index in [2.05, 4.69) is 4.98 Å². The van der Waals surface area contributed by atoms with Gasteiger partial charge in [-0.3, -0.25) is 4.79 Å². The number of benzene rings is 2. The van der Waals surface area contributed by atoms with Crippen molar-refractivity contribution in [1.82, 2.24) is 4.98 Å². The Labute approximate surface area is 127 Å². The highest BCUT2D eigenvalue weighted by atomic mass is 16.5. The topological polar surface area (TPSA) is 72.6 Å². The second kappa shape index (κ2) is 5.52. The molecule has 0 radical (unpaired) electrons. The second-order valence-corrected chi connectivity index (χ2v) is 5.09. The van der Waals surface area contributed by atoms with Crippen molar-refractivity contribution in [2.24, 2.45) is 0 Å². The number of fused-ring (bicyclic) bond motifs is 1. The fourth-order valence-corrected chi connectivity index (χ4v) is 2.29. The highest BCUT2D eigenvalue weighted by molar-refractivity contribution is 5.78. The molecule has 0 saturated heterocycles. The normalized spacial score (nSPS) is 10.8. The molecule has 3 rings (SSSR count). The number of phenolic OH excluding ortho intramolecular Hbond substituents is 1. The summed E-state index contributed by atoms with van der Waals surface area (Å²) in [6.45, 7) is 3.23. The highest BCUT2D eigenvalue weighted by Crippen LogP contribution is 2.35. The van der Waals surface area contributed by atoms with E-state index in [1.807, 2.05) is 31.2 Å². The van der Waals surface area contributed by atoms with Crippen LogP contribution in [0.5, 0.6) is 5.75 Å². The third kappa shape index (κ3) is 2.65. The van der Waals surface area contributed by atoms with Gasteiger partial charge in [0.2, 0.25) is 5.89 Å². The van der Waals surface area contributed by atoms with Gasteiger partial charge in [-0.15, -0.1) is 0 Å². The minimum Gasteiger partial charge on any atom is -0.507 e. The molecule has 0 bridgehead atoms. The molecule has 22 heavy (non-hydrogen) atoms. The van der Waals surface area contributed by atoms with Crippen LogP contribution < -0.4 is 0 Å². The summed E-state index contributed by atoms with van der Waals surface area (Å²) in [4.78, 5) is 15.3. The Morgan fingerprint density at radius 1 is 1.32 bits per heavy atom. The minimum absolute atomic E-state index is 0.01000. The predicted molar refractivity (Wildman–Crippen MR) is 81.3 cm³/mol. The smallest absolute Gasteiger partial charge is 0.302 e. The Hall–Kier alpha value is -2.82. The van der Waals surface area contributed by atoms with Crippen molar-refractivity contribution in [3.05, 3.63) is 47.5 Å². The van der Waals surface area contributed by atoms with Crippen LogP contribution in [0.1, 0.15) is 18.1 Å². The maximum atomic E-state index is 11.0. The highest BCUT2D eigenvalue weighted by Gasteiger charge is 2.16. The molecule has 0 fully saturated rings. The third-order valence-corrected chi connectivity index (χ3v) is 3.29. The summed E-state index contributed by atoms with van der Waals surface area (Å²) in [7, 11) is 0. The van der Waals surface area contributed by atoms with Crippen molar-refractivity contribution in [3.63, 3.8) is 0 Å². The molecule has 0 amide bonds. The van der Waals surface area contributed by atoms with Crippen LogP contribution in [0, 0.1) is 6.92 Å². The molecule has 0 atom stereocenters. The first-order valence-corrected chi connectivity index (χ1v) is 6.86. The number of nitrogens with zero attached hydrogens (tertiary/aromatic N) is 1. The number of hydrogen-bond acceptors (Lipinski definition) is 5. The van der Waals surface area contributed by atoms with Crippen molar-refractivity contribution in [2.75, 3.05) is 0 Å². The van der Waals surface area contributed by atoms with Crippen LogP contribution in [0.2, 0.25) is 0 Å². The van der Waals surface area contributed by atoms with Crippen LogP contribution in [-0.4, -0.2) is 16.1 Å². The van der Waals surface area contributed by atoms with Crippen molar-refractivity contribution in [3.8, 4) is 17.2 Å². The Balaban J connectivity index is 2.07. The zero-order valence-corrected chi connectivity index (χ0v) is 12.3. The van der Waals surface area contributed by atoms with Gasteiger partial charge in [-0.05, 0) is 36.8 Å². The van der Waals surface area contributed by atoms with Crippen molar-refractivity contribution in [1.29, 1.82) is 0 Å². The van der Waals surface area contributed by atoms with E-state index in [0.29, 0.717) is 22.6 Å². The Kier molecular flexibility index (Phi) is 3.55. The number of aromatic hydroxyl groups is 1. The van der Waals surface area contributed by atoms with Gasteiger partial charge in [-0.2, -0.15) is 0 Å². The predicted octanol–water partition coefficient (Wildman–Crippen LogP) is 3.57. The fourth-order valence-electron chi connectivity index (χ4n) is 2.29. The van der Waals surface area contributed by atoms with Gasteiger partial charge in [0.25, 0.3) is 0 Å². The van der Waals surface area contributed by atoms with Crippen LogP contribution in [0.3, 0.4) is 0 Å². The summed E-state index contributed by atoms with van der Waals surface area (Å²) < 4.78 is 10.7. The third-order valence-electron chi connectivity index (χ3n) is 3.29. The zero-order chi connectivity index (χ0) is 15.7. The SMILES string of the molecule is CC(=O)OCc1cc(C)cc(-c2nc3ccccc3o2)c1O. The summed E-state index contributed by atoms with van der Waals surface area (Å²) in [5, 5.41) is 10.4. The van der Waals surface area contributed by atoms with E-state index in [1.165, 1.54) is 6.92 Å². The lowest BCUT2D eigenvalue weighted by atomic mass is 10.0. The monoisotopic (exact) mass is 297 g/mol. The van der Waals surface area contributed by atoms with Gasteiger partial charge in [0, 0.05) is 12.5 Å². The lowest BCUT2D eigenvalue weighted by molar-refractivity contribution is -0.142. The Morgan fingerprint density at radius 3 is 2.82 bits per heavy atom. The number of carbonyl (C=O) groups is 1. The summed E-state index contributed by atoms with van der Waals surface area (Å²) in [5.74, 6) is -0.0470. The maximum Gasteiger partial charge on any atom is 0.302 e. The molecule has 0 unspecified atom stereocenters. The first-order valence-electron chi connectivity index (χ1n) is 6.86. The number of aryl methyl sites for hydroxylation is 1. The molecule has 0 spiro atoms. The number of rotatable bonds is 3. The van der Waals surface area contributed by atoms with Gasteiger partial charge < -0.3 is 14.3 Å². The average Bonchev–Trinajstić information content (AvgIpc) is 2.91. The van der Waals surface area contributed by atoms with E-state index in [4.69, 9.17) is 9.15 Å². The summed E-state index contributed by atoms with van der Waals surface area (Å²) in [6, 6.07) is 10.9. The first-order chi connectivity index (χ1) is 10.5. The quantitative estimate of drug-likeness (QED) is 0.748.